The molecule has 2 unspecified atom stereocenters. The molecule has 2 aromatic carbocycles. The number of hydrogen-bond acceptors (Lipinski definition) is 6. The van der Waals surface area contributed by atoms with Gasteiger partial charge in [-0.1, -0.05) is 35.9 Å². The van der Waals surface area contributed by atoms with Gasteiger partial charge in [0.25, 0.3) is 15.6 Å². The van der Waals surface area contributed by atoms with Crippen molar-refractivity contribution in [3.8, 4) is 12.1 Å². The van der Waals surface area contributed by atoms with Gasteiger partial charge < -0.3 is 0 Å². The minimum atomic E-state index is -4.33. The third-order valence-corrected chi connectivity index (χ3v) is 8.16. The lowest BCUT2D eigenvalue weighted by molar-refractivity contribution is -0.585. The molecule has 1 fully saturated rings. The maximum absolute atomic E-state index is 13.8. The number of benzene rings is 2. The molecule has 156 valence electrons. The van der Waals surface area contributed by atoms with Crippen LogP contribution in [-0.2, 0) is 15.6 Å². The summed E-state index contributed by atoms with van der Waals surface area (Å²) >= 11 is 0. The Kier molecular flexibility index (Phi) is 4.42. The average molecular weight is 434 g/mol. The molecule has 0 N–H and O–H groups in total. The van der Waals surface area contributed by atoms with Crippen molar-refractivity contribution in [3.05, 3.63) is 82.4 Å². The number of anilines is 1. The van der Waals surface area contributed by atoms with Gasteiger partial charge in [0, 0.05) is 4.92 Å². The van der Waals surface area contributed by atoms with Crippen LogP contribution in [0.25, 0.3) is 0 Å². The minimum Gasteiger partial charge on any atom is -0.263 e. The van der Waals surface area contributed by atoms with Gasteiger partial charge in [0.2, 0.25) is 0 Å². The summed E-state index contributed by atoms with van der Waals surface area (Å²) in [6, 6.07) is 14.5. The highest BCUT2D eigenvalue weighted by molar-refractivity contribution is 7.93. The first kappa shape index (κ1) is 20.6. The van der Waals surface area contributed by atoms with Crippen molar-refractivity contribution in [1.29, 1.82) is 10.5 Å². The molecule has 0 radical (unpaired) electrons. The Morgan fingerprint density at radius 3 is 2.35 bits per heavy atom. The molecule has 3 atom stereocenters. The fourth-order valence-corrected chi connectivity index (χ4v) is 6.73. The summed E-state index contributed by atoms with van der Waals surface area (Å²) in [5, 5.41) is 32.6. The lowest BCUT2D eigenvalue weighted by Crippen LogP contribution is -2.55. The van der Waals surface area contributed by atoms with Crippen molar-refractivity contribution in [2.75, 3.05) is 4.31 Å². The first-order chi connectivity index (χ1) is 14.7. The largest absolute Gasteiger partial charge is 0.279 e. The summed E-state index contributed by atoms with van der Waals surface area (Å²) in [4.78, 5) is 12.0. The van der Waals surface area contributed by atoms with E-state index in [-0.39, 0.29) is 22.6 Å². The van der Waals surface area contributed by atoms with Crippen LogP contribution in [0.3, 0.4) is 0 Å². The van der Waals surface area contributed by atoms with Crippen molar-refractivity contribution >= 4 is 15.7 Å². The number of nitrogens with zero attached hydrogens (tertiary/aromatic N) is 4. The zero-order valence-electron chi connectivity index (χ0n) is 16.6. The van der Waals surface area contributed by atoms with Crippen LogP contribution in [0.4, 0.5) is 5.69 Å². The summed E-state index contributed by atoms with van der Waals surface area (Å²) in [5.41, 5.74) is -2.81. The minimum absolute atomic E-state index is 0.0705. The van der Waals surface area contributed by atoms with Crippen LogP contribution in [-0.4, -0.2) is 19.4 Å². The highest BCUT2D eigenvalue weighted by Crippen LogP contribution is 2.64. The Hall–Kier alpha value is -3.69. The fraction of sp³-hybridized carbons (Fsp3) is 0.273. The van der Waals surface area contributed by atoms with Crippen molar-refractivity contribution in [2.24, 2.45) is 11.3 Å². The Morgan fingerprint density at radius 2 is 1.81 bits per heavy atom. The predicted molar refractivity (Wildman–Crippen MR) is 112 cm³/mol. The second-order valence-corrected chi connectivity index (χ2v) is 9.67. The highest BCUT2D eigenvalue weighted by Gasteiger charge is 2.78. The quantitative estimate of drug-likeness (QED) is 0.413. The van der Waals surface area contributed by atoms with Crippen LogP contribution >= 0.6 is 0 Å². The maximum Gasteiger partial charge on any atom is 0.279 e. The summed E-state index contributed by atoms with van der Waals surface area (Å²) < 4.78 is 28.5. The van der Waals surface area contributed by atoms with E-state index in [4.69, 9.17) is 0 Å². The van der Waals surface area contributed by atoms with Crippen LogP contribution in [0.15, 0.2) is 66.1 Å². The number of rotatable bonds is 4. The molecule has 1 aliphatic heterocycles. The standard InChI is InChI=1S/C22H18N4O4S/c1-3-16-12-21(13-23,14-24)20-22(16,26(27)28)18-6-4-5-7-19(18)25(20)31(29,30)17-10-8-15(2)9-11-17/h3-11,16,20H,1,12H2,2H3/t16?,20?,22-/m1/s1. The smallest absolute Gasteiger partial charge is 0.263 e. The van der Waals surface area contributed by atoms with E-state index in [9.17, 15) is 29.1 Å². The molecule has 31 heavy (non-hydrogen) atoms. The van der Waals surface area contributed by atoms with E-state index in [1.807, 2.05) is 12.1 Å². The number of hydrogen-bond donors (Lipinski definition) is 0. The zero-order valence-corrected chi connectivity index (χ0v) is 17.4. The number of nitriles is 2. The number of para-hydroxylation sites is 1. The number of aryl methyl sites for hydroxylation is 1. The third-order valence-electron chi connectivity index (χ3n) is 6.36. The molecule has 2 aromatic rings. The van der Waals surface area contributed by atoms with Gasteiger partial charge in [-0.3, -0.25) is 14.4 Å². The molecule has 0 saturated heterocycles. The van der Waals surface area contributed by atoms with E-state index in [1.54, 1.807) is 31.2 Å². The van der Waals surface area contributed by atoms with Crippen molar-refractivity contribution in [1.82, 2.24) is 0 Å². The van der Waals surface area contributed by atoms with Gasteiger partial charge in [0.15, 0.2) is 11.5 Å². The van der Waals surface area contributed by atoms with E-state index in [0.717, 1.165) is 9.87 Å². The Bertz CT molecular complexity index is 1280. The van der Waals surface area contributed by atoms with Crippen LogP contribution < -0.4 is 4.31 Å². The molecule has 0 spiro atoms. The third kappa shape index (κ3) is 2.41. The van der Waals surface area contributed by atoms with E-state index in [0.29, 0.717) is 0 Å². The van der Waals surface area contributed by atoms with E-state index in [2.05, 4.69) is 6.58 Å². The first-order valence-corrected chi connectivity index (χ1v) is 10.9. The second-order valence-electron chi connectivity index (χ2n) is 7.86. The summed E-state index contributed by atoms with van der Waals surface area (Å²) in [5.74, 6) is -0.911. The topological polar surface area (TPSA) is 128 Å². The molecule has 1 aliphatic carbocycles. The van der Waals surface area contributed by atoms with Crippen LogP contribution in [0.2, 0.25) is 0 Å². The Morgan fingerprint density at radius 1 is 1.19 bits per heavy atom. The fourth-order valence-electron chi connectivity index (χ4n) is 4.99. The number of sulfonamides is 1. The molecule has 1 saturated carbocycles. The summed E-state index contributed by atoms with van der Waals surface area (Å²) in [6.07, 6.45) is 1.16. The van der Waals surface area contributed by atoms with Gasteiger partial charge in [-0.2, -0.15) is 10.5 Å². The Balaban J connectivity index is 2.11. The molecule has 0 amide bonds. The maximum atomic E-state index is 13.8. The molecular weight excluding hydrogens is 416 g/mol. The summed E-state index contributed by atoms with van der Waals surface area (Å²) in [6.45, 7) is 5.51. The normalized spacial score (nSPS) is 25.7. The zero-order chi connectivity index (χ0) is 22.6. The average Bonchev–Trinajstić information content (AvgIpc) is 3.24. The van der Waals surface area contributed by atoms with Gasteiger partial charge in [-0.15, -0.1) is 6.58 Å². The molecule has 0 aromatic heterocycles. The number of nitro groups is 1. The van der Waals surface area contributed by atoms with Crippen LogP contribution in [0.5, 0.6) is 0 Å². The Labute approximate surface area is 179 Å². The van der Waals surface area contributed by atoms with Gasteiger partial charge in [0.05, 0.1) is 34.2 Å². The van der Waals surface area contributed by atoms with Gasteiger partial charge in [-0.05, 0) is 37.6 Å². The van der Waals surface area contributed by atoms with E-state index >= 15 is 0 Å². The SMILES string of the molecule is C=CC1CC(C#N)(C#N)C2N(S(=O)(=O)c3ccc(C)cc3)c3ccccc3[C@]12[N+](=O)[O-]. The second kappa shape index (κ2) is 6.66. The molecule has 0 bridgehead atoms. The molecule has 1 heterocycles. The predicted octanol–water partition coefficient (Wildman–Crippen LogP) is 3.28. The molecule has 8 nitrogen and oxygen atoms in total. The van der Waals surface area contributed by atoms with Crippen molar-refractivity contribution in [2.45, 2.75) is 29.8 Å². The first-order valence-electron chi connectivity index (χ1n) is 9.51. The van der Waals surface area contributed by atoms with Gasteiger partial charge >= 0.3 is 0 Å². The van der Waals surface area contributed by atoms with E-state index in [1.165, 1.54) is 30.3 Å². The summed E-state index contributed by atoms with van der Waals surface area (Å²) in [7, 11) is -4.33. The van der Waals surface area contributed by atoms with E-state index < -0.39 is 37.9 Å². The van der Waals surface area contributed by atoms with Gasteiger partial charge in [-0.25, -0.2) is 8.42 Å². The lowest BCUT2D eigenvalue weighted by Gasteiger charge is -2.32. The molecular formula is C22H18N4O4S. The monoisotopic (exact) mass is 434 g/mol. The number of fused-ring (bicyclic) bond motifs is 3. The van der Waals surface area contributed by atoms with Crippen molar-refractivity contribution < 1.29 is 13.3 Å². The van der Waals surface area contributed by atoms with Gasteiger partial charge in [0.1, 0.15) is 0 Å². The highest BCUT2D eigenvalue weighted by atomic mass is 32.2. The lowest BCUT2D eigenvalue weighted by atomic mass is 9.78. The molecule has 2 aliphatic rings. The molecule has 9 heteroatoms. The van der Waals surface area contributed by atoms with Crippen LogP contribution in [0, 0.1) is 51.0 Å². The van der Waals surface area contributed by atoms with Crippen LogP contribution in [0.1, 0.15) is 17.5 Å². The van der Waals surface area contributed by atoms with Crippen molar-refractivity contribution in [3.63, 3.8) is 0 Å². The molecule has 4 rings (SSSR count).